The Bertz CT molecular complexity index is 1850. The highest BCUT2D eigenvalue weighted by atomic mass is 16.6. The molecule has 1 aromatic rings. The molecule has 1 aromatic carbocycles. The summed E-state index contributed by atoms with van der Waals surface area (Å²) < 4.78 is 6.42. The van der Waals surface area contributed by atoms with Crippen molar-refractivity contribution in [3.05, 3.63) is 47.6 Å². The molecular formula is C46H63NO9. The molecule has 0 bridgehead atoms. The third-order valence-corrected chi connectivity index (χ3v) is 17.8. The number of phenols is 1. The second-order valence-electron chi connectivity index (χ2n) is 20.5. The van der Waals surface area contributed by atoms with Crippen LogP contribution in [0.1, 0.15) is 110 Å². The number of aliphatic hydroxyl groups is 5. The molecule has 56 heavy (non-hydrogen) atoms. The van der Waals surface area contributed by atoms with E-state index in [0.29, 0.717) is 68.7 Å². The number of carbonyl (C=O) groups is 2. The third kappa shape index (κ3) is 5.20. The molecule has 9 rings (SSSR count). The Morgan fingerprint density at radius 2 is 1.73 bits per heavy atom. The fraction of sp³-hybridized carbons (Fsp3) is 0.739. The van der Waals surface area contributed by atoms with Crippen LogP contribution in [0.5, 0.6) is 5.75 Å². The molecule has 2 heterocycles. The number of aliphatic hydroxyl groups excluding tert-OH is 3. The molecular weight excluding hydrogens is 711 g/mol. The highest BCUT2D eigenvalue weighted by Gasteiger charge is 2.77. The summed E-state index contributed by atoms with van der Waals surface area (Å²) in [7, 11) is 0. The van der Waals surface area contributed by atoms with Gasteiger partial charge in [0, 0.05) is 36.1 Å². The van der Waals surface area contributed by atoms with Crippen molar-refractivity contribution in [1.29, 1.82) is 0 Å². The Balaban J connectivity index is 1.14. The van der Waals surface area contributed by atoms with Gasteiger partial charge in [-0.2, -0.15) is 0 Å². The molecule has 6 aliphatic carbocycles. The predicted molar refractivity (Wildman–Crippen MR) is 209 cm³/mol. The summed E-state index contributed by atoms with van der Waals surface area (Å²) in [6.07, 6.45) is 10.7. The summed E-state index contributed by atoms with van der Waals surface area (Å²) >= 11 is 0. The van der Waals surface area contributed by atoms with Crippen LogP contribution in [-0.4, -0.2) is 91.1 Å². The van der Waals surface area contributed by atoms with Crippen LogP contribution in [0.3, 0.4) is 0 Å². The van der Waals surface area contributed by atoms with Gasteiger partial charge in [0.15, 0.2) is 5.78 Å². The first-order chi connectivity index (χ1) is 26.5. The van der Waals surface area contributed by atoms with Crippen LogP contribution in [0.15, 0.2) is 42.0 Å². The van der Waals surface area contributed by atoms with E-state index in [4.69, 9.17) is 4.74 Å². The number of hydrogen-bond acceptors (Lipinski definition) is 9. The zero-order valence-electron chi connectivity index (χ0n) is 33.6. The number of fused-ring (bicyclic) bond motifs is 4. The van der Waals surface area contributed by atoms with E-state index >= 15 is 0 Å². The van der Waals surface area contributed by atoms with Crippen LogP contribution >= 0.6 is 0 Å². The van der Waals surface area contributed by atoms with Crippen molar-refractivity contribution >= 4 is 17.4 Å². The first-order valence-corrected chi connectivity index (χ1v) is 21.6. The largest absolute Gasteiger partial charge is 0.508 e. The fourth-order valence-electron chi connectivity index (χ4n) is 14.4. The molecule has 0 aromatic heterocycles. The molecule has 0 unspecified atom stereocenters. The highest BCUT2D eigenvalue weighted by Crippen LogP contribution is 2.75. The summed E-state index contributed by atoms with van der Waals surface area (Å²) in [6.45, 7) is 8.64. The zero-order chi connectivity index (χ0) is 39.8. The van der Waals surface area contributed by atoms with Gasteiger partial charge >= 0.3 is 0 Å². The van der Waals surface area contributed by atoms with Crippen molar-refractivity contribution in [2.75, 3.05) is 18.1 Å². The molecule has 306 valence electrons. The average Bonchev–Trinajstić information content (AvgIpc) is 3.61. The molecule has 10 heteroatoms. The number of ether oxygens (including phenoxy) is 1. The lowest BCUT2D eigenvalue weighted by molar-refractivity contribution is -0.203. The number of aromatic hydroxyl groups is 1. The third-order valence-electron chi connectivity index (χ3n) is 17.8. The number of nitrogens with zero attached hydrogens (tertiary/aromatic N) is 1. The lowest BCUT2D eigenvalue weighted by Gasteiger charge is -2.66. The van der Waals surface area contributed by atoms with Gasteiger partial charge in [0.1, 0.15) is 17.5 Å². The summed E-state index contributed by atoms with van der Waals surface area (Å²) in [6, 6.07) is 5.43. The molecule has 1 spiro atoms. The maximum Gasteiger partial charge on any atom is 0.227 e. The van der Waals surface area contributed by atoms with Crippen LogP contribution in [0.25, 0.3) is 0 Å². The smallest absolute Gasteiger partial charge is 0.227 e. The van der Waals surface area contributed by atoms with E-state index in [1.54, 1.807) is 18.2 Å². The first kappa shape index (κ1) is 38.9. The van der Waals surface area contributed by atoms with Gasteiger partial charge < -0.3 is 40.3 Å². The predicted octanol–water partition coefficient (Wildman–Crippen LogP) is 5.15. The Morgan fingerprint density at radius 1 is 1.00 bits per heavy atom. The Labute approximate surface area is 331 Å². The number of anilines is 1. The molecule has 2 aliphatic heterocycles. The molecule has 6 fully saturated rings. The molecule has 6 N–H and O–H groups in total. The van der Waals surface area contributed by atoms with Crippen molar-refractivity contribution < 1.29 is 45.0 Å². The molecule has 4 saturated carbocycles. The van der Waals surface area contributed by atoms with Gasteiger partial charge in [-0.25, -0.2) is 0 Å². The monoisotopic (exact) mass is 773 g/mol. The number of phenolic OH excluding ortho intramolecular Hbond substituents is 1. The minimum Gasteiger partial charge on any atom is -0.508 e. The van der Waals surface area contributed by atoms with E-state index in [0.717, 1.165) is 31.2 Å². The quantitative estimate of drug-likeness (QED) is 0.155. The maximum atomic E-state index is 14.5. The molecule has 0 radical (unpaired) electrons. The van der Waals surface area contributed by atoms with Gasteiger partial charge in [-0.15, -0.1) is 0 Å². The topological polar surface area (TPSA) is 171 Å². The lowest BCUT2D eigenvalue weighted by Crippen LogP contribution is -2.69. The summed E-state index contributed by atoms with van der Waals surface area (Å²) in [5.41, 5.74) is -3.79. The summed E-state index contributed by atoms with van der Waals surface area (Å²) in [4.78, 5) is 29.8. The van der Waals surface area contributed by atoms with Crippen molar-refractivity contribution in [3.63, 3.8) is 0 Å². The van der Waals surface area contributed by atoms with Crippen molar-refractivity contribution in [2.24, 2.45) is 51.2 Å². The van der Waals surface area contributed by atoms with Crippen molar-refractivity contribution in [3.8, 4) is 5.75 Å². The van der Waals surface area contributed by atoms with Gasteiger partial charge in [0.05, 0.1) is 35.9 Å². The Morgan fingerprint density at radius 3 is 2.45 bits per heavy atom. The second-order valence-corrected chi connectivity index (χ2v) is 20.5. The van der Waals surface area contributed by atoms with E-state index in [9.17, 15) is 40.2 Å². The normalized spacial score (nSPS) is 45.4. The minimum atomic E-state index is -1.51. The maximum absolute atomic E-state index is 14.5. The zero-order valence-corrected chi connectivity index (χ0v) is 33.6. The van der Waals surface area contributed by atoms with E-state index in [-0.39, 0.29) is 65.5 Å². The molecule has 13 atom stereocenters. The molecule has 10 nitrogen and oxygen atoms in total. The summed E-state index contributed by atoms with van der Waals surface area (Å²) in [5.74, 6) is -0.569. The number of carbonyl (C=O) groups excluding carboxylic acids is 2. The highest BCUT2D eigenvalue weighted by molar-refractivity contribution is 5.98. The lowest BCUT2D eigenvalue weighted by atomic mass is 9.39. The number of ketones is 1. The van der Waals surface area contributed by atoms with Crippen molar-refractivity contribution in [2.45, 2.75) is 147 Å². The SMILES string of the molecule is CC(C)[C@@H](C)[C@H]1O[C@H]1[C@]1(O)CC=C[C@H]2C[C@@H]3C(=CC(=O)[C@@]4(CO)C[C@@H](O)[C@@H](O)C[C@]34C)[C@@]3(O)CC[C@H]1[C@@]23CCc1cc(O)cc(N2CC3(CCCC3)CC2=O)c1. The van der Waals surface area contributed by atoms with Gasteiger partial charge in [-0.3, -0.25) is 9.59 Å². The standard InChI is InChI=1S/C46H63NO9/c1-26(2)27(3)39-40(56-39)45(54)13-7-8-29-18-32-33(20-37(52)43(25-48)22-35(51)34(50)21-41(32,43)4)46(55)15-10-36(45)44(29,46)14-9-28-16-30(19-31(49)17-28)47-24-42(23-38(47)53)11-5-6-12-42/h7-8,16-17,19-20,26-27,29,32,34-36,39-40,48-51,54-55H,5-6,9-15,18,21-25H2,1-4H3/t27-,29+,32-,34+,35-,36+,39-,40-,41-,43+,44-,45+,46+/m1/s1. The van der Waals surface area contributed by atoms with E-state index in [2.05, 4.69) is 32.9 Å². The average molecular weight is 774 g/mol. The number of amides is 1. The Kier molecular flexibility index (Phi) is 8.99. The van der Waals surface area contributed by atoms with Gasteiger partial charge in [0.2, 0.25) is 5.91 Å². The number of allylic oxidation sites excluding steroid dienone is 2. The van der Waals surface area contributed by atoms with Crippen LogP contribution in [0.4, 0.5) is 5.69 Å². The van der Waals surface area contributed by atoms with Crippen molar-refractivity contribution in [1.82, 2.24) is 0 Å². The molecule has 1 amide bonds. The number of rotatable bonds is 8. The molecule has 8 aliphatic rings. The van der Waals surface area contributed by atoms with E-state index in [1.807, 2.05) is 17.9 Å². The second kappa shape index (κ2) is 12.9. The van der Waals surface area contributed by atoms with Gasteiger partial charge in [-0.05, 0) is 128 Å². The Hall–Kier alpha value is -2.60. The number of epoxide rings is 1. The number of hydrogen-bond donors (Lipinski definition) is 6. The van der Waals surface area contributed by atoms with Gasteiger partial charge in [-0.1, -0.05) is 52.7 Å². The first-order valence-electron chi connectivity index (χ1n) is 21.6. The van der Waals surface area contributed by atoms with Crippen LogP contribution < -0.4 is 4.90 Å². The van der Waals surface area contributed by atoms with Crippen LogP contribution in [-0.2, 0) is 20.7 Å². The summed E-state index contributed by atoms with van der Waals surface area (Å²) in [5, 5.41) is 70.9. The molecule has 2 saturated heterocycles. The number of aryl methyl sites for hydroxylation is 1. The fourth-order valence-corrected chi connectivity index (χ4v) is 14.4. The minimum absolute atomic E-state index is 0.00477. The van der Waals surface area contributed by atoms with E-state index in [1.165, 1.54) is 0 Å². The number of benzene rings is 1. The van der Waals surface area contributed by atoms with Crippen LogP contribution in [0.2, 0.25) is 0 Å². The van der Waals surface area contributed by atoms with Crippen LogP contribution in [0, 0.1) is 51.2 Å². The van der Waals surface area contributed by atoms with Gasteiger partial charge in [0.25, 0.3) is 0 Å². The van der Waals surface area contributed by atoms with E-state index < -0.39 is 52.4 Å².